The summed E-state index contributed by atoms with van der Waals surface area (Å²) < 4.78 is 26.5. The normalized spacial score (nSPS) is 12.9. The van der Waals surface area contributed by atoms with Gasteiger partial charge in [0.05, 0.1) is 16.8 Å². The number of hydrogen-bond donors (Lipinski definition) is 2. The molecule has 2 N–H and O–H groups in total. The number of halogens is 1. The summed E-state index contributed by atoms with van der Waals surface area (Å²) >= 11 is 3.28. The minimum atomic E-state index is -3.82. The highest BCUT2D eigenvalue weighted by molar-refractivity contribution is 9.10. The number of hydrogen-bond acceptors (Lipinski definition) is 4. The Morgan fingerprint density at radius 3 is 2.54 bits per heavy atom. The van der Waals surface area contributed by atoms with Crippen LogP contribution >= 0.6 is 15.9 Å². The molecule has 1 aromatic carbocycles. The predicted octanol–water partition coefficient (Wildman–Crippen LogP) is 3.32. The Bertz CT molecular complexity index is 963. The van der Waals surface area contributed by atoms with Crippen molar-refractivity contribution in [2.75, 3.05) is 0 Å². The number of aryl methyl sites for hydroxylation is 1. The fraction of sp³-hybridized carbons (Fsp3) is 0.176. The highest BCUT2D eigenvalue weighted by Crippen LogP contribution is 2.25. The Labute approximate surface area is 160 Å². The summed E-state index contributed by atoms with van der Waals surface area (Å²) in [5.41, 5.74) is 1.38. The van der Waals surface area contributed by atoms with Gasteiger partial charge in [-0.15, -0.1) is 6.58 Å². The van der Waals surface area contributed by atoms with Crippen molar-refractivity contribution in [3.05, 3.63) is 64.4 Å². The number of hydrazone groups is 1. The Hall–Kier alpha value is -2.39. The molecule has 0 bridgehead atoms. The first-order valence-electron chi connectivity index (χ1n) is 7.55. The van der Waals surface area contributed by atoms with E-state index in [1.165, 1.54) is 29.0 Å². The van der Waals surface area contributed by atoms with E-state index in [0.717, 1.165) is 5.56 Å². The molecule has 0 aliphatic heterocycles. The third-order valence-corrected chi connectivity index (χ3v) is 5.56. The molecule has 0 saturated heterocycles. The molecule has 0 aliphatic rings. The van der Waals surface area contributed by atoms with Gasteiger partial charge in [0.25, 0.3) is 10.0 Å². The second-order valence-electron chi connectivity index (χ2n) is 5.58. The van der Waals surface area contributed by atoms with Gasteiger partial charge >= 0.3 is 5.97 Å². The Morgan fingerprint density at radius 1 is 1.38 bits per heavy atom. The lowest BCUT2D eigenvalue weighted by molar-refractivity contribution is 0.0684. The largest absolute Gasteiger partial charge is 0.477 e. The van der Waals surface area contributed by atoms with Crippen LogP contribution in [0.15, 0.2) is 57.5 Å². The molecular formula is C17H18BrN3O4S. The number of carbonyl (C=O) groups is 1. The number of nitrogens with one attached hydrogen (secondary N) is 1. The molecule has 26 heavy (non-hydrogen) atoms. The Morgan fingerprint density at radius 2 is 2.00 bits per heavy atom. The topological polar surface area (TPSA) is 101 Å². The zero-order valence-electron chi connectivity index (χ0n) is 14.2. The van der Waals surface area contributed by atoms with Crippen molar-refractivity contribution in [3.8, 4) is 0 Å². The van der Waals surface area contributed by atoms with E-state index in [-0.39, 0.29) is 16.6 Å². The van der Waals surface area contributed by atoms with Gasteiger partial charge in [-0.1, -0.05) is 23.8 Å². The van der Waals surface area contributed by atoms with Gasteiger partial charge in [0.15, 0.2) is 0 Å². The zero-order chi connectivity index (χ0) is 19.5. The summed E-state index contributed by atoms with van der Waals surface area (Å²) in [6.45, 7) is 7.29. The molecule has 2 rings (SSSR count). The molecule has 0 fully saturated rings. The van der Waals surface area contributed by atoms with Crippen LogP contribution in [0.3, 0.4) is 0 Å². The highest BCUT2D eigenvalue weighted by atomic mass is 79.9. The van der Waals surface area contributed by atoms with E-state index >= 15 is 0 Å². The summed E-state index contributed by atoms with van der Waals surface area (Å²) in [5.74, 6) is -1.11. The lowest BCUT2D eigenvalue weighted by Gasteiger charge is -2.14. The van der Waals surface area contributed by atoms with Crippen LogP contribution in [0.2, 0.25) is 0 Å². The number of rotatable bonds is 7. The van der Waals surface area contributed by atoms with E-state index in [2.05, 4.69) is 32.4 Å². The molecule has 9 heteroatoms. The molecule has 1 unspecified atom stereocenters. The lowest BCUT2D eigenvalue weighted by Crippen LogP contribution is -2.19. The molecule has 0 radical (unpaired) electrons. The summed E-state index contributed by atoms with van der Waals surface area (Å²) in [6.07, 6.45) is 2.83. The van der Waals surface area contributed by atoms with Crippen molar-refractivity contribution in [3.63, 3.8) is 0 Å². The van der Waals surface area contributed by atoms with Crippen LogP contribution in [0.25, 0.3) is 0 Å². The molecular weight excluding hydrogens is 422 g/mol. The number of allylic oxidation sites excluding steroid dienone is 1. The minimum Gasteiger partial charge on any atom is -0.477 e. The van der Waals surface area contributed by atoms with Crippen molar-refractivity contribution >= 4 is 38.1 Å². The van der Waals surface area contributed by atoms with E-state index in [4.69, 9.17) is 0 Å². The number of aromatic carboxylic acids is 1. The molecule has 0 spiro atoms. The number of sulfonamides is 1. The average molecular weight is 440 g/mol. The van der Waals surface area contributed by atoms with Crippen LogP contribution in [0.5, 0.6) is 0 Å². The first kappa shape index (κ1) is 19.9. The zero-order valence-corrected chi connectivity index (χ0v) is 16.6. The van der Waals surface area contributed by atoms with Gasteiger partial charge in [-0.25, -0.2) is 9.63 Å². The maximum Gasteiger partial charge on any atom is 0.352 e. The molecule has 7 nitrogen and oxygen atoms in total. The molecule has 0 saturated carbocycles. The second-order valence-corrected chi connectivity index (χ2v) is 8.10. The van der Waals surface area contributed by atoms with Gasteiger partial charge in [-0.2, -0.15) is 13.5 Å². The van der Waals surface area contributed by atoms with Crippen molar-refractivity contribution < 1.29 is 18.3 Å². The lowest BCUT2D eigenvalue weighted by atomic mass is 10.2. The molecule has 0 aliphatic carbocycles. The van der Waals surface area contributed by atoms with Crippen LogP contribution in [0, 0.1) is 6.92 Å². The van der Waals surface area contributed by atoms with E-state index in [9.17, 15) is 18.3 Å². The summed E-state index contributed by atoms with van der Waals surface area (Å²) in [4.78, 5) is 13.6. The SMILES string of the molecule is C=CC(C)n1c(C(=O)O)cc(Br)c1C=NNS(=O)(=O)c1ccc(C)cc1. The maximum absolute atomic E-state index is 12.3. The standard InChI is InChI=1S/C17H18BrN3O4S/c1-4-12(3)21-15(17(22)23)9-14(18)16(21)10-19-20-26(24,25)13-7-5-11(2)6-8-13/h4-10,12,20H,1H2,2-3H3,(H,22,23). The van der Waals surface area contributed by atoms with Crippen LogP contribution in [-0.4, -0.2) is 30.3 Å². The van der Waals surface area contributed by atoms with Crippen LogP contribution < -0.4 is 4.83 Å². The van der Waals surface area contributed by atoms with E-state index in [1.54, 1.807) is 25.1 Å². The molecule has 0 amide bonds. The monoisotopic (exact) mass is 439 g/mol. The number of nitrogens with zero attached hydrogens (tertiary/aromatic N) is 2. The average Bonchev–Trinajstić information content (AvgIpc) is 2.91. The first-order valence-corrected chi connectivity index (χ1v) is 9.83. The molecule has 138 valence electrons. The predicted molar refractivity (Wildman–Crippen MR) is 103 cm³/mol. The number of benzene rings is 1. The quantitative estimate of drug-likeness (QED) is 0.392. The summed E-state index contributed by atoms with van der Waals surface area (Å²) in [6, 6.07) is 7.43. The van der Waals surface area contributed by atoms with Gasteiger partial charge in [0, 0.05) is 10.5 Å². The summed E-state index contributed by atoms with van der Waals surface area (Å²) in [7, 11) is -3.82. The van der Waals surface area contributed by atoms with Crippen LogP contribution in [0.1, 0.15) is 34.7 Å². The highest BCUT2D eigenvalue weighted by Gasteiger charge is 2.20. The van der Waals surface area contributed by atoms with Gasteiger partial charge in [0.1, 0.15) is 5.69 Å². The fourth-order valence-electron chi connectivity index (χ4n) is 2.27. The third kappa shape index (κ3) is 4.23. The minimum absolute atomic E-state index is 0.0344. The van der Waals surface area contributed by atoms with Crippen molar-refractivity contribution in [2.24, 2.45) is 5.10 Å². The number of aromatic nitrogens is 1. The van der Waals surface area contributed by atoms with Crippen molar-refractivity contribution in [1.29, 1.82) is 0 Å². The van der Waals surface area contributed by atoms with E-state index in [0.29, 0.717) is 10.2 Å². The molecule has 2 aromatic rings. The smallest absolute Gasteiger partial charge is 0.352 e. The van der Waals surface area contributed by atoms with E-state index in [1.807, 2.05) is 6.92 Å². The van der Waals surface area contributed by atoms with Gasteiger partial charge in [0.2, 0.25) is 0 Å². The fourth-order valence-corrected chi connectivity index (χ4v) is 3.57. The Balaban J connectivity index is 2.34. The van der Waals surface area contributed by atoms with Crippen molar-refractivity contribution in [1.82, 2.24) is 9.40 Å². The third-order valence-electron chi connectivity index (χ3n) is 3.69. The van der Waals surface area contributed by atoms with Gasteiger partial charge in [-0.3, -0.25) is 0 Å². The maximum atomic E-state index is 12.3. The molecule has 1 heterocycles. The number of carboxylic acid groups (broad SMARTS) is 1. The van der Waals surface area contributed by atoms with Gasteiger partial charge in [-0.05, 0) is 48.0 Å². The molecule has 1 aromatic heterocycles. The molecule has 1 atom stereocenters. The second kappa shape index (κ2) is 7.88. The van der Waals surface area contributed by atoms with Crippen LogP contribution in [-0.2, 0) is 10.0 Å². The van der Waals surface area contributed by atoms with E-state index < -0.39 is 16.0 Å². The Kier molecular flexibility index (Phi) is 6.04. The summed E-state index contributed by atoms with van der Waals surface area (Å²) in [5, 5.41) is 13.1. The van der Waals surface area contributed by atoms with Crippen molar-refractivity contribution in [2.45, 2.75) is 24.8 Å². The number of carboxylic acids is 1. The van der Waals surface area contributed by atoms with Crippen LogP contribution in [0.4, 0.5) is 0 Å². The first-order chi connectivity index (χ1) is 12.2. The van der Waals surface area contributed by atoms with Gasteiger partial charge < -0.3 is 9.67 Å².